The largest absolute Gasteiger partial charge is 0.744 e. The van der Waals surface area contributed by atoms with Crippen LogP contribution < -0.4 is 5.43 Å². The van der Waals surface area contributed by atoms with Crippen molar-refractivity contribution < 1.29 is 46.1 Å². The van der Waals surface area contributed by atoms with Crippen LogP contribution in [0.2, 0.25) is 0 Å². The van der Waals surface area contributed by atoms with Gasteiger partial charge >= 0.3 is 0 Å². The zero-order valence-electron chi connectivity index (χ0n) is 21.0. The number of aliphatic hydroxyl groups is 1. The molecule has 4 N–H and O–H groups in total. The molecule has 216 valence electrons. The Hall–Kier alpha value is -5.08. The van der Waals surface area contributed by atoms with Crippen LogP contribution in [0.15, 0.2) is 91.6 Å². The van der Waals surface area contributed by atoms with Gasteiger partial charge in [0.15, 0.2) is 5.78 Å². The topological polar surface area (TPSA) is 241 Å². The molecular formula is C26H18N4O10S2-2. The summed E-state index contributed by atoms with van der Waals surface area (Å²) in [5.74, 6) is 3.51. The molecule has 4 rings (SSSR count). The van der Waals surface area contributed by atoms with E-state index in [0.29, 0.717) is 0 Å². The van der Waals surface area contributed by atoms with Crippen molar-refractivity contribution in [3.05, 3.63) is 77.6 Å². The van der Waals surface area contributed by atoms with E-state index in [0.717, 1.165) is 36.4 Å². The number of phenolic OH excluding ortho intramolecular Hbond substituents is 2. The Morgan fingerprint density at radius 3 is 2.05 bits per heavy atom. The Morgan fingerprint density at radius 2 is 1.43 bits per heavy atom. The van der Waals surface area contributed by atoms with E-state index in [9.17, 15) is 46.1 Å². The normalized spacial score (nSPS) is 14.9. The second kappa shape index (κ2) is 11.8. The predicted molar refractivity (Wildman–Crippen MR) is 145 cm³/mol. The van der Waals surface area contributed by atoms with Crippen LogP contribution in [0.1, 0.15) is 24.0 Å². The number of carbonyl (C=O) groups excluding carboxylic acids is 1. The van der Waals surface area contributed by atoms with E-state index in [1.165, 1.54) is 24.3 Å². The molecule has 3 aromatic rings. The summed E-state index contributed by atoms with van der Waals surface area (Å²) in [5, 5.41) is 40.4. The van der Waals surface area contributed by atoms with E-state index >= 15 is 0 Å². The average Bonchev–Trinajstić information content (AvgIpc) is 2.90. The van der Waals surface area contributed by atoms with Gasteiger partial charge in [-0.25, -0.2) is 16.8 Å². The van der Waals surface area contributed by atoms with Crippen molar-refractivity contribution in [2.45, 2.75) is 22.6 Å². The van der Waals surface area contributed by atoms with Gasteiger partial charge in [0.05, 0.1) is 21.2 Å². The van der Waals surface area contributed by atoms with E-state index in [1.807, 2.05) is 0 Å². The minimum atomic E-state index is -5.12. The van der Waals surface area contributed by atoms with Gasteiger partial charge in [-0.3, -0.25) is 10.2 Å². The number of nitrogens with zero attached hydrogens (tertiary/aromatic N) is 3. The summed E-state index contributed by atoms with van der Waals surface area (Å²) < 4.78 is 71.6. The molecule has 0 aromatic heterocycles. The van der Waals surface area contributed by atoms with Crippen LogP contribution in [0, 0.1) is 11.8 Å². The Balaban J connectivity index is 1.67. The zero-order chi connectivity index (χ0) is 30.7. The average molecular weight is 611 g/mol. The Morgan fingerprint density at radius 1 is 0.786 bits per heavy atom. The number of ketones is 1. The number of hydrogen-bond acceptors (Lipinski definition) is 14. The van der Waals surface area contributed by atoms with Crippen LogP contribution in [0.5, 0.6) is 11.5 Å². The smallest absolute Gasteiger partial charge is 0.159 e. The van der Waals surface area contributed by atoms with Gasteiger partial charge in [-0.05, 0) is 48.5 Å². The Bertz CT molecular complexity index is 1970. The predicted octanol–water partition coefficient (Wildman–Crippen LogP) is 3.29. The monoisotopic (exact) mass is 610 g/mol. The van der Waals surface area contributed by atoms with E-state index in [4.69, 9.17) is 0 Å². The molecule has 16 heteroatoms. The number of benzene rings is 3. The molecule has 0 aliphatic heterocycles. The number of nitrogens with one attached hydrogen (secondary N) is 1. The molecule has 0 amide bonds. The maximum atomic E-state index is 11.9. The molecule has 0 spiro atoms. The van der Waals surface area contributed by atoms with Gasteiger partial charge in [-0.1, -0.05) is 11.8 Å². The number of aliphatic hydroxyl groups excluding tert-OH is 1. The lowest BCUT2D eigenvalue weighted by molar-refractivity contribution is -0.114. The molecule has 1 aliphatic carbocycles. The fourth-order valence-corrected chi connectivity index (χ4v) is 4.86. The standard InChI is InChI=1S/C26H20N4O10S2/c31-19-7-9-21(23(33)13-19)29-27-17-5-3-15(25(11-17)41(35,36)37)1-2-16-4-6-18(12-26(16)42(38,39)40)28-30-22-10-8-20(32)14-24(22)34/h3-7,9,11-14,28,31,33-34H,8,10H2,(H,35,36,37)(H,38,39,40)/p-2. The van der Waals surface area contributed by atoms with Crippen molar-refractivity contribution in [1.29, 1.82) is 0 Å². The first-order valence-electron chi connectivity index (χ1n) is 11.6. The van der Waals surface area contributed by atoms with E-state index in [2.05, 4.69) is 32.6 Å². The SMILES string of the molecule is O=C1C=C(O)C(=NNc2ccc(C#Cc3ccc(N=Nc4ccc(O)cc4O)cc3S(=O)(=O)[O-])c(S(=O)(=O)[O-])c2)CC1. The molecule has 14 nitrogen and oxygen atoms in total. The van der Waals surface area contributed by atoms with Crippen LogP contribution in [0.3, 0.4) is 0 Å². The minimum Gasteiger partial charge on any atom is -0.744 e. The van der Waals surface area contributed by atoms with Crippen LogP contribution in [0.25, 0.3) is 0 Å². The maximum absolute atomic E-state index is 11.9. The quantitative estimate of drug-likeness (QED) is 0.136. The number of aromatic hydroxyl groups is 2. The summed E-state index contributed by atoms with van der Waals surface area (Å²) in [6, 6.07) is 10.1. The molecule has 0 bridgehead atoms. The van der Waals surface area contributed by atoms with Gasteiger partial charge < -0.3 is 24.4 Å². The molecule has 42 heavy (non-hydrogen) atoms. The van der Waals surface area contributed by atoms with Crippen molar-refractivity contribution >= 4 is 48.8 Å². The molecule has 0 unspecified atom stereocenters. The highest BCUT2D eigenvalue weighted by Gasteiger charge is 2.16. The highest BCUT2D eigenvalue weighted by Crippen LogP contribution is 2.32. The summed E-state index contributed by atoms with van der Waals surface area (Å²) in [5.41, 5.74) is 1.87. The maximum Gasteiger partial charge on any atom is 0.159 e. The number of hydrogen-bond donors (Lipinski definition) is 4. The van der Waals surface area contributed by atoms with Crippen molar-refractivity contribution in [2.75, 3.05) is 5.43 Å². The van der Waals surface area contributed by atoms with Crippen molar-refractivity contribution in [1.82, 2.24) is 0 Å². The molecule has 3 aromatic carbocycles. The highest BCUT2D eigenvalue weighted by atomic mass is 32.2. The van der Waals surface area contributed by atoms with Crippen molar-refractivity contribution in [3.63, 3.8) is 0 Å². The molecule has 0 saturated heterocycles. The zero-order valence-corrected chi connectivity index (χ0v) is 22.7. The Labute approximate surface area is 238 Å². The summed E-state index contributed by atoms with van der Waals surface area (Å²) in [4.78, 5) is 9.77. The van der Waals surface area contributed by atoms with Crippen LogP contribution in [-0.2, 0) is 25.0 Å². The van der Waals surface area contributed by atoms with E-state index in [-0.39, 0.29) is 64.0 Å². The van der Waals surface area contributed by atoms with Gasteiger partial charge in [0.2, 0.25) is 0 Å². The van der Waals surface area contributed by atoms with Crippen molar-refractivity contribution in [2.24, 2.45) is 15.3 Å². The van der Waals surface area contributed by atoms with Crippen LogP contribution in [0.4, 0.5) is 17.1 Å². The molecule has 0 fully saturated rings. The first-order chi connectivity index (χ1) is 19.7. The fourth-order valence-electron chi connectivity index (χ4n) is 3.55. The second-order valence-corrected chi connectivity index (χ2v) is 11.3. The number of phenols is 2. The third-order valence-electron chi connectivity index (χ3n) is 5.57. The van der Waals surface area contributed by atoms with Gasteiger partial charge in [0.1, 0.15) is 48.9 Å². The highest BCUT2D eigenvalue weighted by molar-refractivity contribution is 7.86. The van der Waals surface area contributed by atoms with Gasteiger partial charge in [0.25, 0.3) is 0 Å². The van der Waals surface area contributed by atoms with Gasteiger partial charge in [-0.2, -0.15) is 10.2 Å². The van der Waals surface area contributed by atoms with E-state index < -0.39 is 35.8 Å². The number of allylic oxidation sites excluding steroid dienone is 2. The summed E-state index contributed by atoms with van der Waals surface area (Å²) in [6.07, 6.45) is 1.25. The lowest BCUT2D eigenvalue weighted by Crippen LogP contribution is -2.15. The van der Waals surface area contributed by atoms with E-state index in [1.54, 1.807) is 0 Å². The van der Waals surface area contributed by atoms with Crippen LogP contribution >= 0.6 is 0 Å². The molecule has 0 radical (unpaired) electrons. The number of anilines is 1. The number of rotatable bonds is 6. The number of azo groups is 1. The lowest BCUT2D eigenvalue weighted by atomic mass is 10.0. The first-order valence-corrected chi connectivity index (χ1v) is 14.4. The van der Waals surface area contributed by atoms with Crippen LogP contribution in [-0.4, -0.2) is 52.8 Å². The Kier molecular flexibility index (Phi) is 8.40. The molecule has 0 heterocycles. The molecular weight excluding hydrogens is 592 g/mol. The van der Waals surface area contributed by atoms with Crippen molar-refractivity contribution in [3.8, 4) is 23.3 Å². The molecule has 0 saturated carbocycles. The number of carbonyl (C=O) groups is 1. The third-order valence-corrected chi connectivity index (χ3v) is 7.32. The molecule has 0 atom stereocenters. The second-order valence-electron chi connectivity index (χ2n) is 8.59. The third kappa shape index (κ3) is 7.35. The fraction of sp³-hybridized carbons (Fsp3) is 0.0769. The first kappa shape index (κ1) is 29.9. The van der Waals surface area contributed by atoms with Gasteiger partial charge in [0, 0.05) is 36.1 Å². The minimum absolute atomic E-state index is 0.0318. The summed E-state index contributed by atoms with van der Waals surface area (Å²) in [6.45, 7) is 0. The number of hydrazone groups is 1. The van der Waals surface area contributed by atoms with Gasteiger partial charge in [-0.15, -0.1) is 5.11 Å². The summed E-state index contributed by atoms with van der Waals surface area (Å²) >= 11 is 0. The molecule has 1 aliphatic rings. The summed E-state index contributed by atoms with van der Waals surface area (Å²) in [7, 11) is -10.2. The lowest BCUT2D eigenvalue weighted by Gasteiger charge is -2.13.